The number of halogens is 1. The third-order valence-corrected chi connectivity index (χ3v) is 5.51. The van der Waals surface area contributed by atoms with Gasteiger partial charge in [-0.2, -0.15) is 0 Å². The Kier molecular flexibility index (Phi) is 8.69. The zero-order chi connectivity index (χ0) is 23.6. The van der Waals surface area contributed by atoms with Crippen LogP contribution in [0.4, 0.5) is 4.39 Å². The number of benzene rings is 3. The molecule has 1 aliphatic heterocycles. The zero-order valence-electron chi connectivity index (χ0n) is 18.2. The molecule has 0 spiro atoms. The Morgan fingerprint density at radius 1 is 0.727 bits per heavy atom. The molecule has 1 heterocycles. The standard InChI is InChI=1S/C24H25FN2.C2H2O4/c25-23-13-11-20(12-14-23)19-26-15-17-27(18-16-26)24(21-7-3-1-4-8-21)22-9-5-2-6-10-22;3-1(4)2(5)6/h1-14,24H,15-19H2;(H,3,4)(H,5,6). The van der Waals surface area contributed by atoms with Crippen molar-refractivity contribution in [2.24, 2.45) is 0 Å². The van der Waals surface area contributed by atoms with E-state index in [2.05, 4.69) is 70.5 Å². The van der Waals surface area contributed by atoms with Gasteiger partial charge in [-0.1, -0.05) is 72.8 Å². The Bertz CT molecular complexity index is 970. The van der Waals surface area contributed by atoms with E-state index < -0.39 is 11.9 Å². The highest BCUT2D eigenvalue weighted by molar-refractivity contribution is 6.27. The lowest BCUT2D eigenvalue weighted by Gasteiger charge is -2.39. The van der Waals surface area contributed by atoms with Crippen LogP contribution in [0.1, 0.15) is 22.7 Å². The van der Waals surface area contributed by atoms with Gasteiger partial charge in [0.1, 0.15) is 5.82 Å². The van der Waals surface area contributed by atoms with Crippen LogP contribution < -0.4 is 0 Å². The second-order valence-electron chi connectivity index (χ2n) is 7.77. The number of piperazine rings is 1. The average Bonchev–Trinajstić information content (AvgIpc) is 2.84. The second-order valence-corrected chi connectivity index (χ2v) is 7.77. The van der Waals surface area contributed by atoms with Crippen LogP contribution in [-0.4, -0.2) is 58.1 Å². The van der Waals surface area contributed by atoms with Gasteiger partial charge in [0, 0.05) is 32.7 Å². The van der Waals surface area contributed by atoms with Crippen molar-refractivity contribution in [3.05, 3.63) is 107 Å². The lowest BCUT2D eigenvalue weighted by atomic mass is 9.96. The van der Waals surface area contributed by atoms with Gasteiger partial charge in [0.2, 0.25) is 0 Å². The monoisotopic (exact) mass is 450 g/mol. The van der Waals surface area contributed by atoms with Gasteiger partial charge < -0.3 is 10.2 Å². The summed E-state index contributed by atoms with van der Waals surface area (Å²) >= 11 is 0. The number of aliphatic carboxylic acids is 2. The van der Waals surface area contributed by atoms with Crippen LogP contribution in [0, 0.1) is 5.82 Å². The molecule has 33 heavy (non-hydrogen) atoms. The van der Waals surface area contributed by atoms with Crippen LogP contribution in [-0.2, 0) is 16.1 Å². The number of hydrogen-bond acceptors (Lipinski definition) is 4. The first-order valence-corrected chi connectivity index (χ1v) is 10.7. The molecule has 0 bridgehead atoms. The molecular weight excluding hydrogens is 423 g/mol. The van der Waals surface area contributed by atoms with Crippen molar-refractivity contribution < 1.29 is 24.2 Å². The Hall–Kier alpha value is -3.55. The molecule has 2 N–H and O–H groups in total. The van der Waals surface area contributed by atoms with Crippen molar-refractivity contribution in [3.8, 4) is 0 Å². The fourth-order valence-electron chi connectivity index (χ4n) is 3.91. The maximum Gasteiger partial charge on any atom is 0.414 e. The molecule has 0 atom stereocenters. The van der Waals surface area contributed by atoms with E-state index in [1.165, 1.54) is 16.7 Å². The lowest BCUT2D eigenvalue weighted by Crippen LogP contribution is -2.47. The Labute approximate surface area is 192 Å². The van der Waals surface area contributed by atoms with E-state index in [1.807, 2.05) is 12.1 Å². The molecule has 3 aromatic rings. The summed E-state index contributed by atoms with van der Waals surface area (Å²) in [6.07, 6.45) is 0. The molecule has 1 aliphatic rings. The number of nitrogens with zero attached hydrogens (tertiary/aromatic N) is 2. The fraction of sp³-hybridized carbons (Fsp3) is 0.231. The van der Waals surface area contributed by atoms with Crippen molar-refractivity contribution in [2.45, 2.75) is 12.6 Å². The highest BCUT2D eigenvalue weighted by Crippen LogP contribution is 2.29. The van der Waals surface area contributed by atoms with E-state index in [9.17, 15) is 4.39 Å². The maximum absolute atomic E-state index is 13.1. The minimum atomic E-state index is -1.82. The van der Waals surface area contributed by atoms with Crippen LogP contribution in [0.2, 0.25) is 0 Å². The van der Waals surface area contributed by atoms with E-state index in [0.29, 0.717) is 6.04 Å². The number of hydrogen-bond donors (Lipinski definition) is 2. The number of rotatable bonds is 5. The summed E-state index contributed by atoms with van der Waals surface area (Å²) in [5.74, 6) is -3.82. The van der Waals surface area contributed by atoms with Crippen molar-refractivity contribution in [2.75, 3.05) is 26.2 Å². The van der Waals surface area contributed by atoms with Crippen molar-refractivity contribution in [1.29, 1.82) is 0 Å². The van der Waals surface area contributed by atoms with Crippen LogP contribution in [0.3, 0.4) is 0 Å². The molecule has 7 heteroatoms. The van der Waals surface area contributed by atoms with E-state index >= 15 is 0 Å². The van der Waals surface area contributed by atoms with Gasteiger partial charge in [-0.05, 0) is 28.8 Å². The van der Waals surface area contributed by atoms with Gasteiger partial charge in [-0.3, -0.25) is 9.80 Å². The van der Waals surface area contributed by atoms with Gasteiger partial charge in [0.25, 0.3) is 0 Å². The third-order valence-electron chi connectivity index (χ3n) is 5.51. The van der Waals surface area contributed by atoms with E-state index in [-0.39, 0.29) is 5.82 Å². The predicted octanol–water partition coefficient (Wildman–Crippen LogP) is 3.89. The largest absolute Gasteiger partial charge is 0.473 e. The first-order chi connectivity index (χ1) is 15.9. The Morgan fingerprint density at radius 3 is 1.61 bits per heavy atom. The first kappa shape index (κ1) is 24.1. The summed E-state index contributed by atoms with van der Waals surface area (Å²) in [5.41, 5.74) is 3.86. The minimum Gasteiger partial charge on any atom is -0.473 e. The van der Waals surface area contributed by atoms with E-state index in [0.717, 1.165) is 32.7 Å². The molecule has 0 radical (unpaired) electrons. The van der Waals surface area contributed by atoms with Crippen molar-refractivity contribution >= 4 is 11.9 Å². The van der Waals surface area contributed by atoms with E-state index in [4.69, 9.17) is 19.8 Å². The number of carbonyl (C=O) groups is 2. The molecule has 4 rings (SSSR count). The van der Waals surface area contributed by atoms with Crippen molar-refractivity contribution in [1.82, 2.24) is 9.80 Å². The summed E-state index contributed by atoms with van der Waals surface area (Å²) in [6, 6.07) is 28.7. The average molecular weight is 451 g/mol. The molecule has 6 nitrogen and oxygen atoms in total. The summed E-state index contributed by atoms with van der Waals surface area (Å²) in [5, 5.41) is 14.8. The SMILES string of the molecule is Fc1ccc(CN2CCN(C(c3ccccc3)c3ccccc3)CC2)cc1.O=C(O)C(=O)O. The van der Waals surface area contributed by atoms with E-state index in [1.54, 1.807) is 12.1 Å². The van der Waals surface area contributed by atoms with Gasteiger partial charge in [-0.15, -0.1) is 0 Å². The molecule has 1 saturated heterocycles. The highest BCUT2D eigenvalue weighted by Gasteiger charge is 2.26. The molecule has 1 fully saturated rings. The number of carboxylic acid groups (broad SMARTS) is 2. The second kappa shape index (κ2) is 11.9. The Balaban J connectivity index is 0.000000454. The summed E-state index contributed by atoms with van der Waals surface area (Å²) in [7, 11) is 0. The highest BCUT2D eigenvalue weighted by atomic mass is 19.1. The maximum atomic E-state index is 13.1. The van der Waals surface area contributed by atoms with Crippen molar-refractivity contribution in [3.63, 3.8) is 0 Å². The third kappa shape index (κ3) is 7.24. The molecule has 0 aromatic heterocycles. The summed E-state index contributed by atoms with van der Waals surface area (Å²) < 4.78 is 13.1. The van der Waals surface area contributed by atoms with Crippen LogP contribution >= 0.6 is 0 Å². The normalized spacial score (nSPS) is 14.4. The van der Waals surface area contributed by atoms with Gasteiger partial charge in [0.05, 0.1) is 6.04 Å². The van der Waals surface area contributed by atoms with Gasteiger partial charge >= 0.3 is 11.9 Å². The summed E-state index contributed by atoms with van der Waals surface area (Å²) in [4.78, 5) is 23.2. The minimum absolute atomic E-state index is 0.169. The molecular formula is C26H27FN2O4. The number of carboxylic acids is 2. The molecule has 0 amide bonds. The Morgan fingerprint density at radius 2 is 1.18 bits per heavy atom. The van der Waals surface area contributed by atoms with Crippen LogP contribution in [0.25, 0.3) is 0 Å². The quantitative estimate of drug-likeness (QED) is 0.574. The van der Waals surface area contributed by atoms with Gasteiger partial charge in [-0.25, -0.2) is 14.0 Å². The molecule has 3 aromatic carbocycles. The topological polar surface area (TPSA) is 81.1 Å². The predicted molar refractivity (Wildman–Crippen MR) is 123 cm³/mol. The van der Waals surface area contributed by atoms with Crippen LogP contribution in [0.15, 0.2) is 84.9 Å². The van der Waals surface area contributed by atoms with Crippen LogP contribution in [0.5, 0.6) is 0 Å². The smallest absolute Gasteiger partial charge is 0.414 e. The fourth-order valence-corrected chi connectivity index (χ4v) is 3.91. The molecule has 172 valence electrons. The van der Waals surface area contributed by atoms with Gasteiger partial charge in [0.15, 0.2) is 0 Å². The summed E-state index contributed by atoms with van der Waals surface area (Å²) in [6.45, 7) is 4.97. The first-order valence-electron chi connectivity index (χ1n) is 10.7. The lowest BCUT2D eigenvalue weighted by molar-refractivity contribution is -0.159. The molecule has 0 unspecified atom stereocenters. The zero-order valence-corrected chi connectivity index (χ0v) is 18.2. The molecule has 0 saturated carbocycles. The molecule has 0 aliphatic carbocycles.